The highest BCUT2D eigenvalue weighted by Crippen LogP contribution is 2.45. The first-order valence-electron chi connectivity index (χ1n) is 5.09. The van der Waals surface area contributed by atoms with Crippen molar-refractivity contribution >= 4 is 17.6 Å². The zero-order chi connectivity index (χ0) is 9.71. The van der Waals surface area contributed by atoms with E-state index in [0.717, 1.165) is 6.54 Å². The molecule has 2 aliphatic rings. The number of rotatable bonds is 0. The molecular weight excluding hydrogens is 192 g/mol. The van der Waals surface area contributed by atoms with Gasteiger partial charge in [-0.1, -0.05) is 19.1 Å². The molecule has 0 fully saturated rings. The van der Waals surface area contributed by atoms with Crippen LogP contribution in [-0.2, 0) is 0 Å². The molecule has 74 valence electrons. The summed E-state index contributed by atoms with van der Waals surface area (Å²) < 4.78 is 3.44. The standard InChI is InChI=1S/C11H14N2S/c1-7-6-13-8(2)12-14-10-5-3-4-9(7)11(10)13/h3-5,7-8,12H,6H2,1-2H3. The smallest absolute Gasteiger partial charge is 0.0861 e. The third-order valence-electron chi connectivity index (χ3n) is 3.13. The zero-order valence-corrected chi connectivity index (χ0v) is 9.27. The maximum absolute atomic E-state index is 3.44. The van der Waals surface area contributed by atoms with Gasteiger partial charge in [0.2, 0.25) is 0 Å². The van der Waals surface area contributed by atoms with Crippen LogP contribution in [0.25, 0.3) is 0 Å². The van der Waals surface area contributed by atoms with Gasteiger partial charge in [-0.3, -0.25) is 0 Å². The lowest BCUT2D eigenvalue weighted by Gasteiger charge is -2.33. The molecule has 0 saturated heterocycles. The molecule has 2 unspecified atom stereocenters. The summed E-state index contributed by atoms with van der Waals surface area (Å²) in [5.41, 5.74) is 2.99. The summed E-state index contributed by atoms with van der Waals surface area (Å²) in [4.78, 5) is 3.86. The highest BCUT2D eigenvalue weighted by atomic mass is 32.2. The van der Waals surface area contributed by atoms with E-state index in [-0.39, 0.29) is 0 Å². The molecule has 14 heavy (non-hydrogen) atoms. The Kier molecular flexibility index (Phi) is 1.79. The van der Waals surface area contributed by atoms with Gasteiger partial charge in [0.15, 0.2) is 0 Å². The van der Waals surface area contributed by atoms with Gasteiger partial charge in [0.1, 0.15) is 0 Å². The number of anilines is 1. The van der Waals surface area contributed by atoms with Gasteiger partial charge in [-0.05, 0) is 30.5 Å². The van der Waals surface area contributed by atoms with E-state index in [4.69, 9.17) is 0 Å². The molecule has 3 rings (SSSR count). The molecular formula is C11H14N2S. The van der Waals surface area contributed by atoms with E-state index >= 15 is 0 Å². The zero-order valence-electron chi connectivity index (χ0n) is 8.45. The minimum Gasteiger partial charge on any atom is -0.354 e. The molecule has 2 aliphatic heterocycles. The number of hydrogen-bond acceptors (Lipinski definition) is 3. The molecule has 1 aromatic rings. The summed E-state index contributed by atoms with van der Waals surface area (Å²) >= 11 is 1.77. The van der Waals surface area contributed by atoms with E-state index in [2.05, 4.69) is 41.7 Å². The summed E-state index contributed by atoms with van der Waals surface area (Å²) in [5.74, 6) is 0.674. The largest absolute Gasteiger partial charge is 0.354 e. The number of para-hydroxylation sites is 1. The molecule has 0 saturated carbocycles. The van der Waals surface area contributed by atoms with Crippen molar-refractivity contribution in [2.45, 2.75) is 30.8 Å². The van der Waals surface area contributed by atoms with Gasteiger partial charge < -0.3 is 4.90 Å². The first-order chi connectivity index (χ1) is 6.77. The molecule has 1 N–H and O–H groups in total. The Morgan fingerprint density at radius 3 is 3.14 bits per heavy atom. The molecule has 0 radical (unpaired) electrons. The fourth-order valence-corrected chi connectivity index (χ4v) is 3.28. The molecule has 0 amide bonds. The molecule has 0 spiro atoms. The average Bonchev–Trinajstić information content (AvgIpc) is 2.53. The van der Waals surface area contributed by atoms with Gasteiger partial charge in [0.05, 0.1) is 11.9 Å². The molecule has 3 heteroatoms. The third kappa shape index (κ3) is 1.03. The predicted octanol–water partition coefficient (Wildman–Crippen LogP) is 2.57. The van der Waals surface area contributed by atoms with Crippen LogP contribution in [0.5, 0.6) is 0 Å². The van der Waals surface area contributed by atoms with Crippen LogP contribution in [0.15, 0.2) is 23.1 Å². The average molecular weight is 206 g/mol. The number of hydrogen-bond donors (Lipinski definition) is 1. The normalized spacial score (nSPS) is 29.1. The van der Waals surface area contributed by atoms with Crippen molar-refractivity contribution in [2.24, 2.45) is 0 Å². The summed E-state index contributed by atoms with van der Waals surface area (Å²) in [5, 5.41) is 0. The quantitative estimate of drug-likeness (QED) is 0.657. The number of nitrogens with one attached hydrogen (secondary N) is 1. The van der Waals surface area contributed by atoms with E-state index < -0.39 is 0 Å². The van der Waals surface area contributed by atoms with Crippen LogP contribution in [0, 0.1) is 0 Å². The minimum absolute atomic E-state index is 0.457. The van der Waals surface area contributed by atoms with Crippen molar-refractivity contribution in [1.29, 1.82) is 0 Å². The number of nitrogens with zero attached hydrogens (tertiary/aromatic N) is 1. The van der Waals surface area contributed by atoms with Crippen LogP contribution in [0.1, 0.15) is 25.3 Å². The Morgan fingerprint density at radius 1 is 1.43 bits per heavy atom. The van der Waals surface area contributed by atoms with E-state index in [1.165, 1.54) is 16.1 Å². The topological polar surface area (TPSA) is 15.3 Å². The Morgan fingerprint density at radius 2 is 2.29 bits per heavy atom. The van der Waals surface area contributed by atoms with Gasteiger partial charge >= 0.3 is 0 Å². The van der Waals surface area contributed by atoms with Crippen molar-refractivity contribution < 1.29 is 0 Å². The van der Waals surface area contributed by atoms with Crippen LogP contribution in [-0.4, -0.2) is 12.7 Å². The third-order valence-corrected chi connectivity index (χ3v) is 4.13. The maximum Gasteiger partial charge on any atom is 0.0861 e. The molecule has 1 aromatic carbocycles. The van der Waals surface area contributed by atoms with E-state index in [9.17, 15) is 0 Å². The van der Waals surface area contributed by atoms with Gasteiger partial charge in [-0.15, -0.1) is 0 Å². The van der Waals surface area contributed by atoms with E-state index in [1.54, 1.807) is 11.9 Å². The van der Waals surface area contributed by atoms with Gasteiger partial charge in [0.25, 0.3) is 0 Å². The second kappa shape index (κ2) is 2.91. The Bertz CT molecular complexity index is 378. The van der Waals surface area contributed by atoms with Crippen LogP contribution in [0.2, 0.25) is 0 Å². The first kappa shape index (κ1) is 8.62. The lowest BCUT2D eigenvalue weighted by atomic mass is 10.0. The first-order valence-corrected chi connectivity index (χ1v) is 5.91. The van der Waals surface area contributed by atoms with Gasteiger partial charge in [-0.25, -0.2) is 4.72 Å². The van der Waals surface area contributed by atoms with E-state index in [0.29, 0.717) is 12.1 Å². The molecule has 2 nitrogen and oxygen atoms in total. The van der Waals surface area contributed by atoms with Crippen LogP contribution in [0.4, 0.5) is 5.69 Å². The fourth-order valence-electron chi connectivity index (χ4n) is 2.38. The summed E-state index contributed by atoms with van der Waals surface area (Å²) in [7, 11) is 0. The van der Waals surface area contributed by atoms with Crippen molar-refractivity contribution in [1.82, 2.24) is 4.72 Å². The van der Waals surface area contributed by atoms with Crippen molar-refractivity contribution in [3.63, 3.8) is 0 Å². The number of benzene rings is 1. The van der Waals surface area contributed by atoms with Crippen molar-refractivity contribution in [3.8, 4) is 0 Å². The van der Waals surface area contributed by atoms with Crippen molar-refractivity contribution in [3.05, 3.63) is 23.8 Å². The maximum atomic E-state index is 3.44. The van der Waals surface area contributed by atoms with Crippen LogP contribution < -0.4 is 9.62 Å². The summed E-state index contributed by atoms with van der Waals surface area (Å²) in [6.45, 7) is 5.69. The van der Waals surface area contributed by atoms with Crippen molar-refractivity contribution in [2.75, 3.05) is 11.4 Å². The molecule has 0 aliphatic carbocycles. The monoisotopic (exact) mass is 206 g/mol. The van der Waals surface area contributed by atoms with Gasteiger partial charge in [0, 0.05) is 17.4 Å². The fraction of sp³-hybridized carbons (Fsp3) is 0.455. The second-order valence-corrected chi connectivity index (χ2v) is 5.02. The molecule has 2 heterocycles. The molecule has 0 aromatic heterocycles. The Balaban J connectivity index is 2.20. The summed E-state index contributed by atoms with van der Waals surface area (Å²) in [6.07, 6.45) is 0.457. The highest BCUT2D eigenvalue weighted by molar-refractivity contribution is 7.97. The Labute approximate surface area is 88.8 Å². The second-order valence-electron chi connectivity index (χ2n) is 4.14. The summed E-state index contributed by atoms with van der Waals surface area (Å²) in [6, 6.07) is 6.63. The van der Waals surface area contributed by atoms with Gasteiger partial charge in [-0.2, -0.15) is 0 Å². The molecule has 0 bridgehead atoms. The molecule has 2 atom stereocenters. The van der Waals surface area contributed by atoms with Crippen LogP contribution in [0.3, 0.4) is 0 Å². The minimum atomic E-state index is 0.457. The Hall–Kier alpha value is -0.670. The van der Waals surface area contributed by atoms with Crippen LogP contribution >= 0.6 is 11.9 Å². The lowest BCUT2D eigenvalue weighted by molar-refractivity contribution is 0.610. The highest BCUT2D eigenvalue weighted by Gasteiger charge is 2.33. The van der Waals surface area contributed by atoms with E-state index in [1.807, 2.05) is 0 Å². The lowest BCUT2D eigenvalue weighted by Crippen LogP contribution is -2.42. The predicted molar refractivity (Wildman–Crippen MR) is 60.7 cm³/mol. The SMILES string of the molecule is CC1CN2c3c(cccc31)SNC2C.